The van der Waals surface area contributed by atoms with E-state index in [1.54, 1.807) is 23.2 Å². The predicted molar refractivity (Wildman–Crippen MR) is 109 cm³/mol. The van der Waals surface area contributed by atoms with Crippen molar-refractivity contribution < 1.29 is 9.59 Å². The topological polar surface area (TPSA) is 62.3 Å². The highest BCUT2D eigenvalue weighted by Gasteiger charge is 2.40. The molecule has 0 bridgehead atoms. The Morgan fingerprint density at radius 1 is 1.11 bits per heavy atom. The average molecular weight is 377 g/mol. The minimum atomic E-state index is -0.364. The smallest absolute Gasteiger partial charge is 0.260 e. The lowest BCUT2D eigenvalue weighted by atomic mass is 10.1. The lowest BCUT2D eigenvalue weighted by molar-refractivity contribution is -0.122. The predicted octanol–water partition coefficient (Wildman–Crippen LogP) is 4.32. The zero-order valence-electron chi connectivity index (χ0n) is 16.4. The van der Waals surface area contributed by atoms with Gasteiger partial charge in [-0.2, -0.15) is 0 Å². The fourth-order valence-corrected chi connectivity index (χ4v) is 4.33. The lowest BCUT2D eigenvalue weighted by Crippen LogP contribution is -2.37. The van der Waals surface area contributed by atoms with Crippen molar-refractivity contribution in [2.75, 3.05) is 4.90 Å². The van der Waals surface area contributed by atoms with Crippen LogP contribution in [-0.2, 0) is 4.79 Å². The van der Waals surface area contributed by atoms with Gasteiger partial charge in [0.05, 0.1) is 23.7 Å². The first-order valence-corrected chi connectivity index (χ1v) is 10.3. The number of anilines is 1. The van der Waals surface area contributed by atoms with Crippen molar-refractivity contribution >= 4 is 17.5 Å². The maximum absolute atomic E-state index is 13.1. The molecule has 0 radical (unpaired) electrons. The van der Waals surface area contributed by atoms with E-state index in [1.807, 2.05) is 31.2 Å². The van der Waals surface area contributed by atoms with Crippen LogP contribution in [0.3, 0.4) is 0 Å². The fourth-order valence-electron chi connectivity index (χ4n) is 4.33. The number of hydrogen-bond acceptors (Lipinski definition) is 3. The molecule has 1 aliphatic carbocycles. The van der Waals surface area contributed by atoms with E-state index in [1.165, 1.54) is 25.7 Å². The van der Waals surface area contributed by atoms with Gasteiger partial charge in [-0.05, 0) is 44.0 Å². The molecular formula is C23H27N3O2. The highest BCUT2D eigenvalue weighted by Crippen LogP contribution is 2.38. The quantitative estimate of drug-likeness (QED) is 0.807. The van der Waals surface area contributed by atoms with Gasteiger partial charge >= 0.3 is 0 Å². The number of hydrogen-bond donors (Lipinski definition) is 1. The molecule has 2 aromatic rings. The Kier molecular flexibility index (Phi) is 5.42. The molecule has 1 N–H and O–H groups in total. The third-order valence-corrected chi connectivity index (χ3v) is 5.83. The van der Waals surface area contributed by atoms with Crippen molar-refractivity contribution in [3.05, 3.63) is 59.4 Å². The maximum Gasteiger partial charge on any atom is 0.260 e. The summed E-state index contributed by atoms with van der Waals surface area (Å²) in [4.78, 5) is 32.1. The molecule has 0 saturated heterocycles. The molecule has 2 amide bonds. The summed E-state index contributed by atoms with van der Waals surface area (Å²) < 4.78 is 0. The molecule has 146 valence electrons. The molecule has 5 heteroatoms. The van der Waals surface area contributed by atoms with Gasteiger partial charge < -0.3 is 5.32 Å². The third-order valence-electron chi connectivity index (χ3n) is 5.83. The van der Waals surface area contributed by atoms with Gasteiger partial charge in [-0.3, -0.25) is 19.5 Å². The van der Waals surface area contributed by atoms with E-state index in [0.29, 0.717) is 11.3 Å². The van der Waals surface area contributed by atoms with Gasteiger partial charge in [0, 0.05) is 17.9 Å². The van der Waals surface area contributed by atoms with Gasteiger partial charge in [-0.1, -0.05) is 43.4 Å². The van der Waals surface area contributed by atoms with Crippen LogP contribution in [0.1, 0.15) is 72.6 Å². The molecule has 5 nitrogen and oxygen atoms in total. The molecule has 2 heterocycles. The van der Waals surface area contributed by atoms with Gasteiger partial charge in [0.1, 0.15) is 0 Å². The number of benzene rings is 1. The van der Waals surface area contributed by atoms with Gasteiger partial charge in [-0.15, -0.1) is 0 Å². The summed E-state index contributed by atoms with van der Waals surface area (Å²) in [6, 6.07) is 11.3. The number of carbonyl (C=O) groups is 2. The Hall–Kier alpha value is -2.69. The van der Waals surface area contributed by atoms with Crippen LogP contribution in [0.5, 0.6) is 0 Å². The van der Waals surface area contributed by atoms with Crippen LogP contribution in [0, 0.1) is 6.92 Å². The summed E-state index contributed by atoms with van der Waals surface area (Å²) in [7, 11) is 0. The molecule has 1 saturated carbocycles. The number of nitrogens with zero attached hydrogens (tertiary/aromatic N) is 2. The van der Waals surface area contributed by atoms with Crippen molar-refractivity contribution in [1.29, 1.82) is 0 Å². The number of carbonyl (C=O) groups excluding carboxylic acids is 2. The first kappa shape index (κ1) is 18.7. The number of amides is 2. The minimum Gasteiger partial charge on any atom is -0.353 e. The Bertz CT molecular complexity index is 854. The maximum atomic E-state index is 13.1. The zero-order chi connectivity index (χ0) is 19.5. The molecule has 0 spiro atoms. The largest absolute Gasteiger partial charge is 0.353 e. The Morgan fingerprint density at radius 2 is 1.82 bits per heavy atom. The molecule has 1 aliphatic heterocycles. The second-order valence-corrected chi connectivity index (χ2v) is 7.92. The van der Waals surface area contributed by atoms with Crippen molar-refractivity contribution in [3.63, 3.8) is 0 Å². The Balaban J connectivity index is 1.57. The summed E-state index contributed by atoms with van der Waals surface area (Å²) >= 11 is 0. The number of fused-ring (bicyclic) bond motifs is 1. The summed E-state index contributed by atoms with van der Waals surface area (Å²) in [6.07, 6.45) is 8.88. The van der Waals surface area contributed by atoms with Crippen molar-refractivity contribution in [1.82, 2.24) is 10.3 Å². The summed E-state index contributed by atoms with van der Waals surface area (Å²) in [5, 5.41) is 3.21. The second kappa shape index (κ2) is 8.13. The number of aromatic nitrogens is 1. The molecule has 1 aromatic carbocycles. The zero-order valence-corrected chi connectivity index (χ0v) is 16.4. The highest BCUT2D eigenvalue weighted by atomic mass is 16.2. The standard InChI is InChI=1S/C23H27N3O2/c1-16-10-12-18(13-11-16)26-20(22-19(23(26)28)9-6-14-24-22)15-21(27)25-17-7-4-2-3-5-8-17/h6,9-14,17,20H,2-5,7-8,15H2,1H3,(H,25,27)/t20-/m1/s1. The van der Waals surface area contributed by atoms with Crippen LogP contribution in [0.4, 0.5) is 5.69 Å². The van der Waals surface area contributed by atoms with E-state index < -0.39 is 0 Å². The second-order valence-electron chi connectivity index (χ2n) is 7.92. The highest BCUT2D eigenvalue weighted by molar-refractivity contribution is 6.11. The first-order valence-electron chi connectivity index (χ1n) is 10.3. The van der Waals surface area contributed by atoms with Crippen molar-refractivity contribution in [2.24, 2.45) is 0 Å². The third kappa shape index (κ3) is 3.79. The normalized spacial score (nSPS) is 20.0. The van der Waals surface area contributed by atoms with E-state index in [0.717, 1.165) is 24.1 Å². The lowest BCUT2D eigenvalue weighted by Gasteiger charge is -2.26. The van der Waals surface area contributed by atoms with Crippen LogP contribution < -0.4 is 10.2 Å². The summed E-state index contributed by atoms with van der Waals surface area (Å²) in [5.74, 6) is -0.0838. The van der Waals surface area contributed by atoms with Gasteiger partial charge in [-0.25, -0.2) is 0 Å². The molecule has 1 atom stereocenters. The SMILES string of the molecule is Cc1ccc(N2C(=O)c3cccnc3[C@H]2CC(=O)NC2CCCCCC2)cc1. The molecule has 28 heavy (non-hydrogen) atoms. The van der Waals surface area contributed by atoms with Gasteiger partial charge in [0.2, 0.25) is 5.91 Å². The van der Waals surface area contributed by atoms with E-state index in [-0.39, 0.29) is 30.3 Å². The van der Waals surface area contributed by atoms with Crippen LogP contribution in [0.15, 0.2) is 42.6 Å². The van der Waals surface area contributed by atoms with Gasteiger partial charge in [0.15, 0.2) is 0 Å². The Labute approximate surface area is 166 Å². The summed E-state index contributed by atoms with van der Waals surface area (Å²) in [5.41, 5.74) is 3.23. The molecule has 0 unspecified atom stereocenters. The Morgan fingerprint density at radius 3 is 2.54 bits per heavy atom. The number of pyridine rings is 1. The van der Waals surface area contributed by atoms with Crippen LogP contribution in [0.25, 0.3) is 0 Å². The van der Waals surface area contributed by atoms with Crippen molar-refractivity contribution in [3.8, 4) is 0 Å². The number of rotatable bonds is 4. The average Bonchev–Trinajstić information content (AvgIpc) is 2.85. The van der Waals surface area contributed by atoms with E-state index >= 15 is 0 Å². The molecule has 1 aromatic heterocycles. The minimum absolute atomic E-state index is 0.000291. The molecule has 1 fully saturated rings. The van der Waals surface area contributed by atoms with Crippen LogP contribution in [0.2, 0.25) is 0 Å². The van der Waals surface area contributed by atoms with E-state index in [4.69, 9.17) is 0 Å². The van der Waals surface area contributed by atoms with Crippen LogP contribution in [-0.4, -0.2) is 22.8 Å². The monoisotopic (exact) mass is 377 g/mol. The van der Waals surface area contributed by atoms with Crippen molar-refractivity contribution in [2.45, 2.75) is 64.0 Å². The molecular weight excluding hydrogens is 350 g/mol. The van der Waals surface area contributed by atoms with Gasteiger partial charge in [0.25, 0.3) is 5.91 Å². The molecule has 2 aliphatic rings. The van der Waals surface area contributed by atoms with Crippen LogP contribution >= 0.6 is 0 Å². The van der Waals surface area contributed by atoms with E-state index in [9.17, 15) is 9.59 Å². The number of nitrogens with one attached hydrogen (secondary N) is 1. The molecule has 4 rings (SSSR count). The summed E-state index contributed by atoms with van der Waals surface area (Å²) in [6.45, 7) is 2.02. The number of aryl methyl sites for hydroxylation is 1. The van der Waals surface area contributed by atoms with E-state index in [2.05, 4.69) is 10.3 Å². The fraction of sp³-hybridized carbons (Fsp3) is 0.435. The first-order chi connectivity index (χ1) is 13.6.